The summed E-state index contributed by atoms with van der Waals surface area (Å²) in [5.74, 6) is -1.12. The number of rotatable bonds is 4. The van der Waals surface area contributed by atoms with Crippen LogP contribution in [0, 0.1) is 5.82 Å². The number of nitrogens with two attached hydrogens (primary N) is 1. The SMILES string of the molecule is COc1c(F)cccc1S(=O)(=O)Nc1ccc2c(c1)CCN2C(N)=O. The molecular weight excluding hydrogens is 349 g/mol. The molecule has 1 aliphatic rings. The summed E-state index contributed by atoms with van der Waals surface area (Å²) in [5, 5.41) is 0. The van der Waals surface area contributed by atoms with Crippen LogP contribution in [0.3, 0.4) is 0 Å². The summed E-state index contributed by atoms with van der Waals surface area (Å²) in [4.78, 5) is 12.5. The van der Waals surface area contributed by atoms with Gasteiger partial charge in [0, 0.05) is 17.9 Å². The summed E-state index contributed by atoms with van der Waals surface area (Å²) >= 11 is 0. The minimum atomic E-state index is -4.05. The van der Waals surface area contributed by atoms with Crippen LogP contribution in [0.25, 0.3) is 0 Å². The lowest BCUT2D eigenvalue weighted by Gasteiger charge is -2.15. The van der Waals surface area contributed by atoms with Gasteiger partial charge in [0.05, 0.1) is 7.11 Å². The minimum absolute atomic E-state index is 0.297. The zero-order valence-corrected chi connectivity index (χ0v) is 14.1. The molecule has 132 valence electrons. The maximum Gasteiger partial charge on any atom is 0.319 e. The van der Waals surface area contributed by atoms with Crippen molar-refractivity contribution in [1.29, 1.82) is 0 Å². The van der Waals surface area contributed by atoms with Gasteiger partial charge in [-0.15, -0.1) is 0 Å². The molecule has 9 heteroatoms. The lowest BCUT2D eigenvalue weighted by atomic mass is 10.1. The summed E-state index contributed by atoms with van der Waals surface area (Å²) in [7, 11) is -2.85. The highest BCUT2D eigenvalue weighted by Gasteiger charge is 2.25. The van der Waals surface area contributed by atoms with Gasteiger partial charge in [-0.1, -0.05) is 6.07 Å². The number of amides is 2. The highest BCUT2D eigenvalue weighted by atomic mass is 32.2. The Balaban J connectivity index is 1.93. The van der Waals surface area contributed by atoms with Crippen molar-refractivity contribution < 1.29 is 22.3 Å². The van der Waals surface area contributed by atoms with Gasteiger partial charge >= 0.3 is 6.03 Å². The number of sulfonamides is 1. The number of primary amides is 1. The predicted molar refractivity (Wildman–Crippen MR) is 90.8 cm³/mol. The van der Waals surface area contributed by atoms with Crippen LogP contribution in [0.4, 0.5) is 20.6 Å². The number of fused-ring (bicyclic) bond motifs is 1. The number of hydrogen-bond donors (Lipinski definition) is 2. The molecule has 0 saturated heterocycles. The summed E-state index contributed by atoms with van der Waals surface area (Å²) in [6.07, 6.45) is 0.567. The number of nitrogens with zero attached hydrogens (tertiary/aromatic N) is 1. The van der Waals surface area contributed by atoms with E-state index in [4.69, 9.17) is 10.5 Å². The summed E-state index contributed by atoms with van der Waals surface area (Å²) in [5.41, 5.74) is 7.05. The molecule has 1 heterocycles. The molecule has 2 aromatic carbocycles. The average molecular weight is 365 g/mol. The molecule has 7 nitrogen and oxygen atoms in total. The second-order valence-electron chi connectivity index (χ2n) is 5.46. The van der Waals surface area contributed by atoms with E-state index in [2.05, 4.69) is 4.72 Å². The van der Waals surface area contributed by atoms with Crippen LogP contribution in [0.15, 0.2) is 41.3 Å². The van der Waals surface area contributed by atoms with Gasteiger partial charge in [0.2, 0.25) is 0 Å². The largest absolute Gasteiger partial charge is 0.492 e. The van der Waals surface area contributed by atoms with Crippen molar-refractivity contribution in [2.45, 2.75) is 11.3 Å². The standard InChI is InChI=1S/C16H16FN3O4S/c1-24-15-12(17)3-2-4-14(15)25(22,23)19-11-5-6-13-10(9-11)7-8-20(13)16(18)21/h2-6,9,19H,7-8H2,1H3,(H2,18,21). The molecule has 0 fully saturated rings. The number of methoxy groups -OCH3 is 1. The van der Waals surface area contributed by atoms with E-state index in [1.54, 1.807) is 12.1 Å². The van der Waals surface area contributed by atoms with E-state index in [1.165, 1.54) is 30.2 Å². The number of nitrogens with one attached hydrogen (secondary N) is 1. The Morgan fingerprint density at radius 3 is 2.76 bits per heavy atom. The molecular formula is C16H16FN3O4S. The number of benzene rings is 2. The highest BCUT2D eigenvalue weighted by molar-refractivity contribution is 7.92. The van der Waals surface area contributed by atoms with Crippen molar-refractivity contribution in [3.05, 3.63) is 47.8 Å². The van der Waals surface area contributed by atoms with E-state index in [-0.39, 0.29) is 10.6 Å². The van der Waals surface area contributed by atoms with Gasteiger partial charge in [0.1, 0.15) is 4.90 Å². The third-order valence-corrected chi connectivity index (χ3v) is 5.32. The Kier molecular flexibility index (Phi) is 4.25. The van der Waals surface area contributed by atoms with E-state index < -0.39 is 21.9 Å². The highest BCUT2D eigenvalue weighted by Crippen LogP contribution is 2.32. The van der Waals surface area contributed by atoms with Crippen molar-refractivity contribution in [3.63, 3.8) is 0 Å². The molecule has 1 aliphatic heterocycles. The van der Waals surface area contributed by atoms with Crippen LogP contribution in [-0.2, 0) is 16.4 Å². The Hall–Kier alpha value is -2.81. The normalized spacial score (nSPS) is 13.4. The van der Waals surface area contributed by atoms with Crippen LogP contribution < -0.4 is 20.1 Å². The fraction of sp³-hybridized carbons (Fsp3) is 0.188. The van der Waals surface area contributed by atoms with Crippen molar-refractivity contribution in [1.82, 2.24) is 0 Å². The predicted octanol–water partition coefficient (Wildman–Crippen LogP) is 2.08. The van der Waals surface area contributed by atoms with E-state index >= 15 is 0 Å². The third kappa shape index (κ3) is 3.10. The first-order valence-electron chi connectivity index (χ1n) is 7.38. The van der Waals surface area contributed by atoms with Crippen LogP contribution in [0.2, 0.25) is 0 Å². The van der Waals surface area contributed by atoms with Crippen molar-refractivity contribution in [2.75, 3.05) is 23.3 Å². The number of urea groups is 1. The Morgan fingerprint density at radius 2 is 2.08 bits per heavy atom. The topological polar surface area (TPSA) is 102 Å². The fourth-order valence-corrected chi connectivity index (χ4v) is 4.03. The molecule has 0 spiro atoms. The minimum Gasteiger partial charge on any atom is -0.492 e. The van der Waals surface area contributed by atoms with Crippen molar-refractivity contribution in [3.8, 4) is 5.75 Å². The molecule has 0 aliphatic carbocycles. The molecule has 0 saturated carbocycles. The monoisotopic (exact) mass is 365 g/mol. The third-order valence-electron chi connectivity index (χ3n) is 3.92. The lowest BCUT2D eigenvalue weighted by Crippen LogP contribution is -2.33. The molecule has 2 aromatic rings. The first-order chi connectivity index (χ1) is 11.8. The number of ether oxygens (including phenoxy) is 1. The smallest absolute Gasteiger partial charge is 0.319 e. The number of carbonyl (C=O) groups excluding carboxylic acids is 1. The zero-order chi connectivity index (χ0) is 18.2. The summed E-state index contributed by atoms with van der Waals surface area (Å²) < 4.78 is 46.1. The fourth-order valence-electron chi connectivity index (χ4n) is 2.80. The van der Waals surface area contributed by atoms with Crippen LogP contribution in [-0.4, -0.2) is 28.1 Å². The Labute approximate surface area is 144 Å². The maximum absolute atomic E-state index is 13.8. The molecule has 0 unspecified atom stereocenters. The van der Waals surface area contributed by atoms with Crippen molar-refractivity contribution >= 4 is 27.4 Å². The maximum atomic E-state index is 13.8. The molecule has 0 bridgehead atoms. The van der Waals surface area contributed by atoms with E-state index in [9.17, 15) is 17.6 Å². The molecule has 3 N–H and O–H groups in total. The average Bonchev–Trinajstić information content (AvgIpc) is 2.97. The van der Waals surface area contributed by atoms with Crippen LogP contribution in [0.5, 0.6) is 5.75 Å². The Bertz CT molecular complexity index is 946. The van der Waals surface area contributed by atoms with Gasteiger partial charge in [-0.3, -0.25) is 9.62 Å². The van der Waals surface area contributed by atoms with Gasteiger partial charge in [0.15, 0.2) is 11.6 Å². The molecule has 25 heavy (non-hydrogen) atoms. The van der Waals surface area contributed by atoms with Gasteiger partial charge in [0.25, 0.3) is 10.0 Å². The second kappa shape index (κ2) is 6.25. The number of para-hydroxylation sites is 1. The molecule has 3 rings (SSSR count). The van der Waals surface area contributed by atoms with E-state index in [0.29, 0.717) is 24.3 Å². The zero-order valence-electron chi connectivity index (χ0n) is 13.3. The molecule has 0 atom stereocenters. The van der Waals surface area contributed by atoms with Gasteiger partial charge < -0.3 is 10.5 Å². The quantitative estimate of drug-likeness (QED) is 0.866. The van der Waals surface area contributed by atoms with Gasteiger partial charge in [-0.2, -0.15) is 0 Å². The first kappa shape index (κ1) is 17.0. The number of halogens is 1. The van der Waals surface area contributed by atoms with E-state index in [0.717, 1.165) is 11.6 Å². The molecule has 0 aromatic heterocycles. The van der Waals surface area contributed by atoms with Crippen molar-refractivity contribution in [2.24, 2.45) is 5.73 Å². The number of anilines is 2. The Morgan fingerprint density at radius 1 is 1.32 bits per heavy atom. The molecule has 0 radical (unpaired) electrons. The second-order valence-corrected chi connectivity index (χ2v) is 7.11. The summed E-state index contributed by atoms with van der Waals surface area (Å²) in [6, 6.07) is 7.87. The van der Waals surface area contributed by atoms with Crippen LogP contribution in [0.1, 0.15) is 5.56 Å². The van der Waals surface area contributed by atoms with Gasteiger partial charge in [-0.05, 0) is 42.3 Å². The number of hydrogen-bond acceptors (Lipinski definition) is 4. The summed E-state index contributed by atoms with van der Waals surface area (Å²) in [6.45, 7) is 0.443. The van der Waals surface area contributed by atoms with E-state index in [1.807, 2.05) is 0 Å². The first-order valence-corrected chi connectivity index (χ1v) is 8.87. The number of carbonyl (C=O) groups is 1. The van der Waals surface area contributed by atoms with Crippen LogP contribution >= 0.6 is 0 Å². The lowest BCUT2D eigenvalue weighted by molar-refractivity contribution is 0.254. The van der Waals surface area contributed by atoms with Gasteiger partial charge in [-0.25, -0.2) is 17.6 Å². The molecule has 2 amide bonds.